The summed E-state index contributed by atoms with van der Waals surface area (Å²) >= 11 is 0. The second kappa shape index (κ2) is 2.81. The molecule has 0 aromatic carbocycles. The van der Waals surface area contributed by atoms with Crippen LogP contribution in [0.5, 0.6) is 0 Å². The molecule has 0 saturated heterocycles. The highest BCUT2D eigenvalue weighted by molar-refractivity contribution is 5.79. The summed E-state index contributed by atoms with van der Waals surface area (Å²) in [5, 5.41) is 9.75. The lowest BCUT2D eigenvalue weighted by Crippen LogP contribution is -2.41. The van der Waals surface area contributed by atoms with E-state index in [1.54, 1.807) is 6.92 Å². The van der Waals surface area contributed by atoms with Crippen LogP contribution in [-0.2, 0) is 9.53 Å². The third kappa shape index (κ3) is 1.38. The molecule has 0 amide bonds. The Balaban J connectivity index is 2.64. The Labute approximate surface area is 66.4 Å². The normalized spacial score (nSPS) is 22.5. The lowest BCUT2D eigenvalue weighted by Gasteiger charge is -2.22. The molecule has 1 atom stereocenters. The Kier molecular flexibility index (Phi) is 2.18. The predicted molar refractivity (Wildman–Crippen MR) is 40.0 cm³/mol. The van der Waals surface area contributed by atoms with Crippen molar-refractivity contribution in [2.24, 2.45) is 5.92 Å². The van der Waals surface area contributed by atoms with Crippen molar-refractivity contribution in [2.45, 2.75) is 31.8 Å². The summed E-state index contributed by atoms with van der Waals surface area (Å²) < 4.78 is 4.52. The molecule has 1 unspecified atom stereocenters. The third-order valence-corrected chi connectivity index (χ3v) is 2.33. The molecule has 0 aliphatic heterocycles. The van der Waals surface area contributed by atoms with E-state index < -0.39 is 11.6 Å². The molecule has 0 radical (unpaired) electrons. The highest BCUT2D eigenvalue weighted by Gasteiger charge is 2.49. The molecule has 1 saturated carbocycles. The summed E-state index contributed by atoms with van der Waals surface area (Å²) in [5.74, 6) is -0.345. The van der Waals surface area contributed by atoms with E-state index in [1.165, 1.54) is 7.11 Å². The molecule has 3 heteroatoms. The van der Waals surface area contributed by atoms with E-state index in [1.807, 2.05) is 0 Å². The first-order valence-electron chi connectivity index (χ1n) is 3.96. The monoisotopic (exact) mass is 158 g/mol. The largest absolute Gasteiger partial charge is 0.467 e. The fourth-order valence-corrected chi connectivity index (χ4v) is 1.34. The minimum atomic E-state index is -1.20. The number of carbonyl (C=O) groups is 1. The molecule has 64 valence electrons. The second-order valence-electron chi connectivity index (χ2n) is 3.04. The number of hydrogen-bond acceptors (Lipinski definition) is 3. The van der Waals surface area contributed by atoms with Crippen molar-refractivity contribution in [1.29, 1.82) is 0 Å². The van der Waals surface area contributed by atoms with Gasteiger partial charge >= 0.3 is 5.97 Å². The Morgan fingerprint density at radius 1 is 1.73 bits per heavy atom. The number of esters is 1. The topological polar surface area (TPSA) is 46.5 Å². The van der Waals surface area contributed by atoms with Crippen molar-refractivity contribution < 1.29 is 14.6 Å². The van der Waals surface area contributed by atoms with Crippen LogP contribution in [0.2, 0.25) is 0 Å². The van der Waals surface area contributed by atoms with Crippen LogP contribution in [0.25, 0.3) is 0 Å². The number of rotatable bonds is 3. The summed E-state index contributed by atoms with van der Waals surface area (Å²) in [6, 6.07) is 0. The van der Waals surface area contributed by atoms with E-state index in [4.69, 9.17) is 0 Å². The van der Waals surface area contributed by atoms with Crippen molar-refractivity contribution in [1.82, 2.24) is 0 Å². The third-order valence-electron chi connectivity index (χ3n) is 2.33. The van der Waals surface area contributed by atoms with Crippen LogP contribution in [0.4, 0.5) is 0 Å². The zero-order valence-electron chi connectivity index (χ0n) is 6.96. The summed E-state index contributed by atoms with van der Waals surface area (Å²) in [4.78, 5) is 11.1. The lowest BCUT2D eigenvalue weighted by molar-refractivity contribution is -0.165. The lowest BCUT2D eigenvalue weighted by atomic mass is 9.95. The van der Waals surface area contributed by atoms with Gasteiger partial charge < -0.3 is 9.84 Å². The maximum Gasteiger partial charge on any atom is 0.338 e. The molecule has 0 aromatic heterocycles. The standard InChI is InChI=1S/C8H14O3/c1-3-8(10,6-4-5-6)7(9)11-2/h6,10H,3-5H2,1-2H3. The molecule has 1 aliphatic rings. The molecule has 1 rings (SSSR count). The van der Waals surface area contributed by atoms with Gasteiger partial charge in [-0.1, -0.05) is 6.92 Å². The molecule has 1 fully saturated rings. The molecule has 1 aliphatic carbocycles. The van der Waals surface area contributed by atoms with Gasteiger partial charge in [0.2, 0.25) is 0 Å². The zero-order valence-corrected chi connectivity index (χ0v) is 6.96. The minimum absolute atomic E-state index is 0.139. The average Bonchev–Trinajstić information content (AvgIpc) is 2.84. The van der Waals surface area contributed by atoms with Crippen LogP contribution < -0.4 is 0 Å². The summed E-state index contributed by atoms with van der Waals surface area (Å²) in [5.41, 5.74) is -1.20. The molecule has 0 aromatic rings. The van der Waals surface area contributed by atoms with E-state index in [9.17, 15) is 9.90 Å². The van der Waals surface area contributed by atoms with E-state index in [2.05, 4.69) is 4.74 Å². The Morgan fingerprint density at radius 2 is 2.27 bits per heavy atom. The van der Waals surface area contributed by atoms with Crippen LogP contribution in [0.3, 0.4) is 0 Å². The quantitative estimate of drug-likeness (QED) is 0.615. The van der Waals surface area contributed by atoms with Crippen molar-refractivity contribution in [2.75, 3.05) is 7.11 Å². The molecule has 0 spiro atoms. The average molecular weight is 158 g/mol. The highest BCUT2D eigenvalue weighted by atomic mass is 16.5. The first-order chi connectivity index (χ1) is 5.15. The van der Waals surface area contributed by atoms with Gasteiger partial charge in [-0.05, 0) is 25.2 Å². The molecule has 1 N–H and O–H groups in total. The van der Waals surface area contributed by atoms with Crippen LogP contribution in [0.1, 0.15) is 26.2 Å². The SMILES string of the molecule is CCC(O)(C(=O)OC)C1CC1. The van der Waals surface area contributed by atoms with E-state index in [-0.39, 0.29) is 5.92 Å². The fraction of sp³-hybridized carbons (Fsp3) is 0.875. The van der Waals surface area contributed by atoms with Crippen molar-refractivity contribution in [3.05, 3.63) is 0 Å². The molecule has 0 heterocycles. The molecule has 11 heavy (non-hydrogen) atoms. The van der Waals surface area contributed by atoms with Crippen LogP contribution in [0.15, 0.2) is 0 Å². The van der Waals surface area contributed by atoms with Crippen LogP contribution in [0, 0.1) is 5.92 Å². The Morgan fingerprint density at radius 3 is 2.55 bits per heavy atom. The summed E-state index contributed by atoms with van der Waals surface area (Å²) in [6.45, 7) is 1.80. The fourth-order valence-electron chi connectivity index (χ4n) is 1.34. The van der Waals surface area contributed by atoms with Crippen molar-refractivity contribution in [3.8, 4) is 0 Å². The van der Waals surface area contributed by atoms with Gasteiger partial charge in [-0.15, -0.1) is 0 Å². The van der Waals surface area contributed by atoms with E-state index >= 15 is 0 Å². The van der Waals surface area contributed by atoms with Crippen LogP contribution >= 0.6 is 0 Å². The van der Waals surface area contributed by atoms with E-state index in [0.29, 0.717) is 6.42 Å². The van der Waals surface area contributed by atoms with Crippen LogP contribution in [-0.4, -0.2) is 23.8 Å². The Hall–Kier alpha value is -0.570. The van der Waals surface area contributed by atoms with Crippen molar-refractivity contribution >= 4 is 5.97 Å². The highest BCUT2D eigenvalue weighted by Crippen LogP contribution is 2.42. The van der Waals surface area contributed by atoms with Gasteiger partial charge in [0.15, 0.2) is 5.60 Å². The predicted octanol–water partition coefficient (Wildman–Crippen LogP) is 0.710. The van der Waals surface area contributed by atoms with Crippen molar-refractivity contribution in [3.63, 3.8) is 0 Å². The maximum atomic E-state index is 11.1. The Bertz CT molecular complexity index is 163. The number of hydrogen-bond donors (Lipinski definition) is 1. The smallest absolute Gasteiger partial charge is 0.338 e. The van der Waals surface area contributed by atoms with Gasteiger partial charge in [-0.3, -0.25) is 0 Å². The molecule has 3 nitrogen and oxygen atoms in total. The zero-order chi connectivity index (χ0) is 8.48. The van der Waals surface area contributed by atoms with Gasteiger partial charge in [0.1, 0.15) is 0 Å². The molecular formula is C8H14O3. The van der Waals surface area contributed by atoms with Gasteiger partial charge in [-0.25, -0.2) is 4.79 Å². The number of carbonyl (C=O) groups excluding carboxylic acids is 1. The number of ether oxygens (including phenoxy) is 1. The summed E-state index contributed by atoms with van der Waals surface area (Å²) in [7, 11) is 1.31. The van der Waals surface area contributed by atoms with Gasteiger partial charge in [0, 0.05) is 0 Å². The summed E-state index contributed by atoms with van der Waals surface area (Å²) in [6.07, 6.45) is 2.34. The first-order valence-corrected chi connectivity index (χ1v) is 3.96. The van der Waals surface area contributed by atoms with E-state index in [0.717, 1.165) is 12.8 Å². The van der Waals surface area contributed by atoms with Gasteiger partial charge in [0.25, 0.3) is 0 Å². The number of methoxy groups -OCH3 is 1. The molecule has 0 bridgehead atoms. The second-order valence-corrected chi connectivity index (χ2v) is 3.04. The van der Waals surface area contributed by atoms with Gasteiger partial charge in [-0.2, -0.15) is 0 Å². The minimum Gasteiger partial charge on any atom is -0.467 e. The maximum absolute atomic E-state index is 11.1. The molecular weight excluding hydrogens is 144 g/mol. The number of aliphatic hydroxyl groups is 1. The van der Waals surface area contributed by atoms with Gasteiger partial charge in [0.05, 0.1) is 7.11 Å². The first kappa shape index (κ1) is 8.53.